The average molecular weight is 352 g/mol. The molecule has 0 aliphatic rings. The van der Waals surface area contributed by atoms with Gasteiger partial charge in [-0.2, -0.15) is 0 Å². The Morgan fingerprint density at radius 1 is 1.12 bits per heavy atom. The maximum atomic E-state index is 13.0. The van der Waals surface area contributed by atoms with Crippen molar-refractivity contribution in [1.29, 1.82) is 0 Å². The number of benzene rings is 1. The zero-order valence-corrected chi connectivity index (χ0v) is 13.4. The second kappa shape index (κ2) is 9.64. The van der Waals surface area contributed by atoms with Gasteiger partial charge in [-0.3, -0.25) is 4.79 Å². The molecular formula is C15H20F4N2O3. The fourth-order valence-corrected chi connectivity index (χ4v) is 1.40. The highest BCUT2D eigenvalue weighted by molar-refractivity contribution is 5.45. The minimum absolute atomic E-state index is 0.0730. The third kappa shape index (κ3) is 5.98. The smallest absolute Gasteiger partial charge is 0.293 e. The summed E-state index contributed by atoms with van der Waals surface area (Å²) in [6.45, 7) is 5.18. The molecule has 0 saturated carbocycles. The predicted molar refractivity (Wildman–Crippen MR) is 80.4 cm³/mol. The van der Waals surface area contributed by atoms with Crippen LogP contribution >= 0.6 is 0 Å². The van der Waals surface area contributed by atoms with E-state index in [2.05, 4.69) is 18.6 Å². The standard InChI is InChI=1S/C8H5F4NO2.C7H15NO/c9-4-3(1-15-2-14)5(10)7(12)8(13)6(4)11;1-5(2)6(3)4-7(8)9/h2H,1,13H2;4-6,9H,8H2,1-3H3/b;7-4-. The lowest BCUT2D eigenvalue weighted by Gasteiger charge is -2.09. The van der Waals surface area contributed by atoms with Gasteiger partial charge in [-0.05, 0) is 17.9 Å². The van der Waals surface area contributed by atoms with E-state index in [1.165, 1.54) is 0 Å². The van der Waals surface area contributed by atoms with Gasteiger partial charge in [0.25, 0.3) is 6.47 Å². The SMILES string of the molecule is CC(C)C(C)/C=C(/N)O.Nc1c(F)c(F)c(COC=O)c(F)c1F. The number of rotatable bonds is 5. The van der Waals surface area contributed by atoms with E-state index in [-0.39, 0.29) is 12.4 Å². The maximum absolute atomic E-state index is 13.0. The van der Waals surface area contributed by atoms with E-state index in [1.54, 1.807) is 6.08 Å². The predicted octanol–water partition coefficient (Wildman–Crippen LogP) is 3.13. The van der Waals surface area contributed by atoms with Gasteiger partial charge in [0.1, 0.15) is 12.3 Å². The molecule has 0 aromatic heterocycles. The van der Waals surface area contributed by atoms with Crippen LogP contribution in [0.25, 0.3) is 0 Å². The van der Waals surface area contributed by atoms with Crippen LogP contribution in [0.5, 0.6) is 0 Å². The quantitative estimate of drug-likeness (QED) is 0.249. The summed E-state index contributed by atoms with van der Waals surface area (Å²) in [5, 5.41) is 8.61. The molecule has 0 amide bonds. The molecule has 0 saturated heterocycles. The van der Waals surface area contributed by atoms with E-state index in [4.69, 9.17) is 16.6 Å². The average Bonchev–Trinajstić information content (AvgIpc) is 2.51. The molecule has 24 heavy (non-hydrogen) atoms. The summed E-state index contributed by atoms with van der Waals surface area (Å²) in [6.07, 6.45) is 1.66. The van der Waals surface area contributed by atoms with E-state index >= 15 is 0 Å². The Balaban J connectivity index is 0.000000506. The van der Waals surface area contributed by atoms with Gasteiger partial charge < -0.3 is 21.3 Å². The molecule has 0 bridgehead atoms. The minimum Gasteiger partial charge on any atom is -0.495 e. The van der Waals surface area contributed by atoms with Crippen LogP contribution in [0, 0.1) is 35.1 Å². The number of anilines is 1. The second-order valence-electron chi connectivity index (χ2n) is 5.25. The summed E-state index contributed by atoms with van der Waals surface area (Å²) in [4.78, 5) is 9.76. The fourth-order valence-electron chi connectivity index (χ4n) is 1.40. The number of carbonyl (C=O) groups is 1. The third-order valence-corrected chi connectivity index (χ3v) is 3.17. The Bertz CT molecular complexity index is 574. The van der Waals surface area contributed by atoms with Crippen molar-refractivity contribution in [2.45, 2.75) is 27.4 Å². The lowest BCUT2D eigenvalue weighted by molar-refractivity contribution is -0.129. The van der Waals surface area contributed by atoms with Gasteiger partial charge in [0.15, 0.2) is 29.2 Å². The van der Waals surface area contributed by atoms with Crippen LogP contribution in [-0.4, -0.2) is 11.6 Å². The van der Waals surface area contributed by atoms with Crippen molar-refractivity contribution in [2.75, 3.05) is 5.73 Å². The lowest BCUT2D eigenvalue weighted by Crippen LogP contribution is -2.09. The first kappa shape index (κ1) is 21.6. The summed E-state index contributed by atoms with van der Waals surface area (Å²) in [6, 6.07) is 0. The zero-order chi connectivity index (χ0) is 19.0. The number of hydrogen-bond donors (Lipinski definition) is 3. The van der Waals surface area contributed by atoms with Crippen LogP contribution in [0.2, 0.25) is 0 Å². The molecule has 5 N–H and O–H groups in total. The van der Waals surface area contributed by atoms with E-state index in [0.29, 0.717) is 11.8 Å². The normalized spacial score (nSPS) is 12.4. The molecule has 136 valence electrons. The van der Waals surface area contributed by atoms with Crippen LogP contribution in [0.15, 0.2) is 12.0 Å². The number of nitrogen functional groups attached to an aromatic ring is 1. The zero-order valence-electron chi connectivity index (χ0n) is 13.4. The molecule has 0 fully saturated rings. The number of allylic oxidation sites excluding steroid dienone is 1. The first-order valence-corrected chi connectivity index (χ1v) is 6.86. The summed E-state index contributed by atoms with van der Waals surface area (Å²) < 4.78 is 55.6. The van der Waals surface area contributed by atoms with Gasteiger partial charge >= 0.3 is 0 Å². The maximum Gasteiger partial charge on any atom is 0.293 e. The number of aliphatic hydroxyl groups is 1. The summed E-state index contributed by atoms with van der Waals surface area (Å²) in [7, 11) is 0. The van der Waals surface area contributed by atoms with Gasteiger partial charge in [-0.25, -0.2) is 17.6 Å². The number of carbonyl (C=O) groups excluding carboxylic acids is 1. The molecule has 1 rings (SSSR count). The fraction of sp³-hybridized carbons (Fsp3) is 0.400. The Morgan fingerprint density at radius 3 is 1.88 bits per heavy atom. The van der Waals surface area contributed by atoms with E-state index in [1.807, 2.05) is 6.92 Å². The molecule has 0 aliphatic carbocycles. The third-order valence-electron chi connectivity index (χ3n) is 3.17. The highest BCUT2D eigenvalue weighted by Crippen LogP contribution is 2.26. The van der Waals surface area contributed by atoms with Crippen LogP contribution in [0.4, 0.5) is 23.2 Å². The van der Waals surface area contributed by atoms with Gasteiger partial charge in [0.05, 0.1) is 5.56 Å². The molecule has 0 radical (unpaired) electrons. The molecule has 1 aromatic carbocycles. The van der Waals surface area contributed by atoms with Crippen molar-refractivity contribution < 1.29 is 32.2 Å². The van der Waals surface area contributed by atoms with E-state index < -0.39 is 41.1 Å². The molecule has 0 heterocycles. The van der Waals surface area contributed by atoms with E-state index in [0.717, 1.165) is 0 Å². The van der Waals surface area contributed by atoms with Crippen molar-refractivity contribution in [3.63, 3.8) is 0 Å². The number of hydrogen-bond acceptors (Lipinski definition) is 5. The van der Waals surface area contributed by atoms with Crippen LogP contribution in [0.3, 0.4) is 0 Å². The van der Waals surface area contributed by atoms with Crippen molar-refractivity contribution in [3.8, 4) is 0 Å². The molecule has 5 nitrogen and oxygen atoms in total. The van der Waals surface area contributed by atoms with Gasteiger partial charge in [0, 0.05) is 0 Å². The summed E-state index contributed by atoms with van der Waals surface area (Å²) in [5.41, 5.74) is 7.52. The Morgan fingerprint density at radius 2 is 1.58 bits per heavy atom. The summed E-state index contributed by atoms with van der Waals surface area (Å²) >= 11 is 0. The summed E-state index contributed by atoms with van der Waals surface area (Å²) in [5.74, 6) is -5.94. The number of halogens is 4. The van der Waals surface area contributed by atoms with Crippen molar-refractivity contribution in [3.05, 3.63) is 40.8 Å². The van der Waals surface area contributed by atoms with Gasteiger partial charge in [0.2, 0.25) is 0 Å². The molecule has 1 unspecified atom stereocenters. The largest absolute Gasteiger partial charge is 0.495 e. The van der Waals surface area contributed by atoms with Crippen LogP contribution < -0.4 is 11.5 Å². The van der Waals surface area contributed by atoms with Gasteiger partial charge in [-0.1, -0.05) is 20.8 Å². The monoisotopic (exact) mass is 352 g/mol. The highest BCUT2D eigenvalue weighted by atomic mass is 19.2. The Kier molecular flexibility index (Phi) is 8.65. The first-order chi connectivity index (χ1) is 11.0. The Hall–Kier alpha value is -2.45. The van der Waals surface area contributed by atoms with Crippen LogP contribution in [0.1, 0.15) is 26.3 Å². The first-order valence-electron chi connectivity index (χ1n) is 6.86. The van der Waals surface area contributed by atoms with Crippen LogP contribution in [-0.2, 0) is 16.1 Å². The Labute approximate surface area is 136 Å². The molecular weight excluding hydrogens is 332 g/mol. The highest BCUT2D eigenvalue weighted by Gasteiger charge is 2.23. The number of nitrogens with two attached hydrogens (primary N) is 2. The molecule has 1 atom stereocenters. The molecule has 1 aromatic rings. The topological polar surface area (TPSA) is 98.6 Å². The number of aliphatic hydroxyl groups excluding tert-OH is 1. The molecule has 0 spiro atoms. The second-order valence-corrected chi connectivity index (χ2v) is 5.25. The van der Waals surface area contributed by atoms with Crippen molar-refractivity contribution in [1.82, 2.24) is 0 Å². The minimum atomic E-state index is -1.71. The number of ether oxygens (including phenoxy) is 1. The van der Waals surface area contributed by atoms with Gasteiger partial charge in [-0.15, -0.1) is 0 Å². The lowest BCUT2D eigenvalue weighted by atomic mass is 9.98. The van der Waals surface area contributed by atoms with Crippen molar-refractivity contribution >= 4 is 12.2 Å². The molecule has 0 aliphatic heterocycles. The van der Waals surface area contributed by atoms with E-state index in [9.17, 15) is 22.4 Å². The molecule has 9 heteroatoms. The van der Waals surface area contributed by atoms with Crippen molar-refractivity contribution in [2.24, 2.45) is 17.6 Å².